The summed E-state index contributed by atoms with van der Waals surface area (Å²) < 4.78 is 7.50. The van der Waals surface area contributed by atoms with E-state index in [1.54, 1.807) is 0 Å². The van der Waals surface area contributed by atoms with Crippen LogP contribution < -0.4 is 15.4 Å². The number of nitrogens with zero attached hydrogens (tertiary/aromatic N) is 3. The van der Waals surface area contributed by atoms with Crippen molar-refractivity contribution in [2.45, 2.75) is 45.8 Å². The standard InChI is InChI=1S/C17H23N5O2/c1-3-24-14-8-6-13(7-9-14)12(2)19-17(23)18-11-16-21-20-15-5-4-10-22(15)16/h6-9,12H,3-5,10-11H2,1-2H3,(H2,18,19,23). The molecule has 1 atom stereocenters. The summed E-state index contributed by atoms with van der Waals surface area (Å²) >= 11 is 0. The van der Waals surface area contributed by atoms with Gasteiger partial charge in [-0.3, -0.25) is 0 Å². The molecule has 0 radical (unpaired) electrons. The van der Waals surface area contributed by atoms with E-state index in [0.29, 0.717) is 13.2 Å². The average molecular weight is 329 g/mol. The molecule has 0 saturated carbocycles. The van der Waals surface area contributed by atoms with Gasteiger partial charge in [0.05, 0.1) is 19.2 Å². The summed E-state index contributed by atoms with van der Waals surface area (Å²) in [4.78, 5) is 12.1. The molecule has 1 aromatic carbocycles. The molecule has 0 saturated heterocycles. The van der Waals surface area contributed by atoms with Crippen molar-refractivity contribution in [1.29, 1.82) is 0 Å². The third-order valence-electron chi connectivity index (χ3n) is 4.13. The topological polar surface area (TPSA) is 81.1 Å². The summed E-state index contributed by atoms with van der Waals surface area (Å²) in [7, 11) is 0. The lowest BCUT2D eigenvalue weighted by atomic mass is 10.1. The molecular weight excluding hydrogens is 306 g/mol. The first-order valence-electron chi connectivity index (χ1n) is 8.35. The molecular formula is C17H23N5O2. The molecule has 2 aromatic rings. The highest BCUT2D eigenvalue weighted by atomic mass is 16.5. The molecule has 2 amide bonds. The van der Waals surface area contributed by atoms with Crippen LogP contribution in [-0.2, 0) is 19.5 Å². The molecule has 7 heteroatoms. The summed E-state index contributed by atoms with van der Waals surface area (Å²) in [6, 6.07) is 7.43. The molecule has 1 unspecified atom stereocenters. The van der Waals surface area contributed by atoms with Gasteiger partial charge in [0, 0.05) is 13.0 Å². The van der Waals surface area contributed by atoms with E-state index in [1.165, 1.54) is 0 Å². The van der Waals surface area contributed by atoms with Gasteiger partial charge in [-0.2, -0.15) is 0 Å². The second kappa shape index (κ2) is 7.33. The van der Waals surface area contributed by atoms with Gasteiger partial charge in [-0.05, 0) is 38.0 Å². The van der Waals surface area contributed by atoms with E-state index in [9.17, 15) is 4.79 Å². The summed E-state index contributed by atoms with van der Waals surface area (Å²) in [6.45, 7) is 5.86. The predicted octanol–water partition coefficient (Wildman–Crippen LogP) is 2.18. The van der Waals surface area contributed by atoms with E-state index in [-0.39, 0.29) is 12.1 Å². The Balaban J connectivity index is 1.50. The molecule has 2 heterocycles. The Morgan fingerprint density at radius 3 is 2.88 bits per heavy atom. The van der Waals surface area contributed by atoms with Crippen molar-refractivity contribution in [3.05, 3.63) is 41.5 Å². The number of fused-ring (bicyclic) bond motifs is 1. The molecule has 3 rings (SSSR count). The average Bonchev–Trinajstić information content (AvgIpc) is 3.17. The number of nitrogens with one attached hydrogen (secondary N) is 2. The first-order valence-corrected chi connectivity index (χ1v) is 8.35. The number of aromatic nitrogens is 3. The Morgan fingerprint density at radius 1 is 1.33 bits per heavy atom. The van der Waals surface area contributed by atoms with Gasteiger partial charge < -0.3 is 19.9 Å². The van der Waals surface area contributed by atoms with Crippen LogP contribution in [0.4, 0.5) is 4.79 Å². The van der Waals surface area contributed by atoms with Crippen LogP contribution in [0.2, 0.25) is 0 Å². The summed E-state index contributed by atoms with van der Waals surface area (Å²) in [5.41, 5.74) is 1.02. The molecule has 0 aliphatic carbocycles. The number of aryl methyl sites for hydroxylation is 1. The number of hydrogen-bond donors (Lipinski definition) is 2. The molecule has 0 spiro atoms. The Bertz CT molecular complexity index is 696. The van der Waals surface area contributed by atoms with Crippen LogP contribution in [0.5, 0.6) is 5.75 Å². The van der Waals surface area contributed by atoms with E-state index < -0.39 is 0 Å². The first-order chi connectivity index (χ1) is 11.7. The molecule has 24 heavy (non-hydrogen) atoms. The fourth-order valence-electron chi connectivity index (χ4n) is 2.85. The third kappa shape index (κ3) is 3.67. The van der Waals surface area contributed by atoms with Crippen molar-refractivity contribution >= 4 is 6.03 Å². The number of carbonyl (C=O) groups is 1. The number of benzene rings is 1. The molecule has 1 aliphatic rings. The zero-order valence-electron chi connectivity index (χ0n) is 14.1. The SMILES string of the molecule is CCOc1ccc(C(C)NC(=O)NCc2nnc3n2CCC3)cc1. The lowest BCUT2D eigenvalue weighted by Crippen LogP contribution is -2.37. The molecule has 0 bridgehead atoms. The van der Waals surface area contributed by atoms with E-state index in [0.717, 1.165) is 42.3 Å². The van der Waals surface area contributed by atoms with Crippen molar-refractivity contribution < 1.29 is 9.53 Å². The molecule has 128 valence electrons. The van der Waals surface area contributed by atoms with E-state index >= 15 is 0 Å². The van der Waals surface area contributed by atoms with Crippen LogP contribution in [0.25, 0.3) is 0 Å². The number of carbonyl (C=O) groups excluding carboxylic acids is 1. The highest BCUT2D eigenvalue weighted by Crippen LogP contribution is 2.17. The predicted molar refractivity (Wildman–Crippen MR) is 89.7 cm³/mol. The van der Waals surface area contributed by atoms with E-state index in [1.807, 2.05) is 38.1 Å². The zero-order chi connectivity index (χ0) is 16.9. The molecule has 1 aliphatic heterocycles. The van der Waals surface area contributed by atoms with Crippen molar-refractivity contribution in [3.8, 4) is 5.75 Å². The first kappa shape index (κ1) is 16.3. The smallest absolute Gasteiger partial charge is 0.315 e. The Labute approximate surface area is 141 Å². The largest absolute Gasteiger partial charge is 0.494 e. The number of hydrogen-bond acceptors (Lipinski definition) is 4. The number of rotatable bonds is 6. The molecule has 0 fully saturated rings. The minimum atomic E-state index is -0.216. The van der Waals surface area contributed by atoms with Crippen LogP contribution in [0.15, 0.2) is 24.3 Å². The molecule has 7 nitrogen and oxygen atoms in total. The van der Waals surface area contributed by atoms with Gasteiger partial charge in [0.1, 0.15) is 11.6 Å². The summed E-state index contributed by atoms with van der Waals surface area (Å²) in [5, 5.41) is 14.0. The quantitative estimate of drug-likeness (QED) is 0.851. The second-order valence-electron chi connectivity index (χ2n) is 5.84. The van der Waals surface area contributed by atoms with Gasteiger partial charge >= 0.3 is 6.03 Å². The van der Waals surface area contributed by atoms with Crippen molar-refractivity contribution in [1.82, 2.24) is 25.4 Å². The lowest BCUT2D eigenvalue weighted by molar-refractivity contribution is 0.237. The van der Waals surface area contributed by atoms with Crippen LogP contribution in [-0.4, -0.2) is 27.4 Å². The van der Waals surface area contributed by atoms with Gasteiger partial charge in [-0.1, -0.05) is 12.1 Å². The van der Waals surface area contributed by atoms with Crippen LogP contribution in [0.1, 0.15) is 43.5 Å². The van der Waals surface area contributed by atoms with Crippen molar-refractivity contribution in [3.63, 3.8) is 0 Å². The van der Waals surface area contributed by atoms with Gasteiger partial charge in [-0.25, -0.2) is 4.79 Å². The second-order valence-corrected chi connectivity index (χ2v) is 5.84. The highest BCUT2D eigenvalue weighted by molar-refractivity contribution is 5.74. The maximum Gasteiger partial charge on any atom is 0.315 e. The van der Waals surface area contributed by atoms with Gasteiger partial charge in [0.15, 0.2) is 5.82 Å². The Hall–Kier alpha value is -2.57. The number of ether oxygens (including phenoxy) is 1. The zero-order valence-corrected chi connectivity index (χ0v) is 14.1. The van der Waals surface area contributed by atoms with Crippen LogP contribution in [0.3, 0.4) is 0 Å². The monoisotopic (exact) mass is 329 g/mol. The van der Waals surface area contributed by atoms with E-state index in [4.69, 9.17) is 4.74 Å². The van der Waals surface area contributed by atoms with Crippen LogP contribution >= 0.6 is 0 Å². The third-order valence-corrected chi connectivity index (χ3v) is 4.13. The summed E-state index contributed by atoms with van der Waals surface area (Å²) in [5.74, 6) is 2.65. The van der Waals surface area contributed by atoms with Gasteiger partial charge in [0.25, 0.3) is 0 Å². The molecule has 2 N–H and O–H groups in total. The minimum Gasteiger partial charge on any atom is -0.494 e. The Kier molecular flexibility index (Phi) is 4.98. The minimum absolute atomic E-state index is 0.0928. The summed E-state index contributed by atoms with van der Waals surface area (Å²) in [6.07, 6.45) is 2.06. The van der Waals surface area contributed by atoms with Crippen LogP contribution in [0, 0.1) is 0 Å². The number of urea groups is 1. The van der Waals surface area contributed by atoms with Gasteiger partial charge in [-0.15, -0.1) is 10.2 Å². The maximum atomic E-state index is 12.1. The fourth-order valence-corrected chi connectivity index (χ4v) is 2.85. The van der Waals surface area contributed by atoms with E-state index in [2.05, 4.69) is 25.4 Å². The highest BCUT2D eigenvalue weighted by Gasteiger charge is 2.17. The lowest BCUT2D eigenvalue weighted by Gasteiger charge is -2.15. The molecule has 1 aromatic heterocycles. The van der Waals surface area contributed by atoms with Crippen molar-refractivity contribution in [2.24, 2.45) is 0 Å². The van der Waals surface area contributed by atoms with Crippen molar-refractivity contribution in [2.75, 3.05) is 6.61 Å². The number of amides is 2. The Morgan fingerprint density at radius 2 is 2.12 bits per heavy atom. The maximum absolute atomic E-state index is 12.1. The van der Waals surface area contributed by atoms with Gasteiger partial charge in [0.2, 0.25) is 0 Å². The fraction of sp³-hybridized carbons (Fsp3) is 0.471. The normalized spacial score (nSPS) is 14.1.